The van der Waals surface area contributed by atoms with Gasteiger partial charge in [0.05, 0.1) is 10.8 Å². The van der Waals surface area contributed by atoms with Crippen molar-refractivity contribution in [1.82, 2.24) is 0 Å². The van der Waals surface area contributed by atoms with Gasteiger partial charge in [-0.05, 0) is 12.8 Å². The van der Waals surface area contributed by atoms with E-state index in [4.69, 9.17) is 23.2 Å². The maximum atomic E-state index is 5.88. The number of halogens is 2. The molecule has 0 fully saturated rings. The number of allylic oxidation sites excluding steroid dienone is 4. The lowest BCUT2D eigenvalue weighted by atomic mass is 10.1. The smallest absolute Gasteiger partial charge is 0.0519 e. The van der Waals surface area contributed by atoms with Crippen LogP contribution in [0.25, 0.3) is 0 Å². The molecule has 2 heteroatoms. The van der Waals surface area contributed by atoms with E-state index >= 15 is 0 Å². The molecule has 0 aromatic heterocycles. The average Bonchev–Trinajstić information content (AvgIpc) is 1.90. The lowest BCUT2D eigenvalue weighted by molar-refractivity contribution is 0.769. The third-order valence-corrected chi connectivity index (χ3v) is 2.20. The fourth-order valence-electron chi connectivity index (χ4n) is 0.880. The topological polar surface area (TPSA) is 0 Å². The van der Waals surface area contributed by atoms with Crippen molar-refractivity contribution < 1.29 is 0 Å². The molecule has 0 spiro atoms. The highest BCUT2D eigenvalue weighted by atomic mass is 35.5. The Kier molecular flexibility index (Phi) is 3.30. The van der Waals surface area contributed by atoms with E-state index in [1.165, 1.54) is 0 Å². The van der Waals surface area contributed by atoms with E-state index in [2.05, 4.69) is 0 Å². The van der Waals surface area contributed by atoms with E-state index in [0.717, 1.165) is 12.8 Å². The molecule has 0 amide bonds. The Balaban J connectivity index is 2.52. The van der Waals surface area contributed by atoms with Crippen LogP contribution >= 0.6 is 23.2 Å². The summed E-state index contributed by atoms with van der Waals surface area (Å²) in [6, 6.07) is 0. The molecule has 0 saturated heterocycles. The van der Waals surface area contributed by atoms with E-state index in [9.17, 15) is 0 Å². The Morgan fingerprint density at radius 1 is 0.900 bits per heavy atom. The maximum Gasteiger partial charge on any atom is 0.0519 e. The van der Waals surface area contributed by atoms with Crippen molar-refractivity contribution in [3.05, 3.63) is 24.3 Å². The van der Waals surface area contributed by atoms with Gasteiger partial charge in [-0.3, -0.25) is 0 Å². The Morgan fingerprint density at radius 3 is 1.70 bits per heavy atom. The van der Waals surface area contributed by atoms with Crippen LogP contribution in [0.4, 0.5) is 0 Å². The zero-order valence-corrected chi connectivity index (χ0v) is 7.15. The fraction of sp³-hybridized carbons (Fsp3) is 0.500. The third-order valence-electron chi connectivity index (χ3n) is 1.47. The van der Waals surface area contributed by atoms with E-state index in [-0.39, 0.29) is 10.8 Å². The van der Waals surface area contributed by atoms with Crippen LogP contribution in [0.2, 0.25) is 0 Å². The summed E-state index contributed by atoms with van der Waals surface area (Å²) >= 11 is 11.8. The van der Waals surface area contributed by atoms with Gasteiger partial charge in [0.25, 0.3) is 0 Å². The Bertz CT molecular complexity index is 131. The molecule has 1 aliphatic rings. The normalized spacial score (nSPS) is 39.8. The zero-order chi connectivity index (χ0) is 7.40. The van der Waals surface area contributed by atoms with Crippen molar-refractivity contribution in [2.45, 2.75) is 23.6 Å². The van der Waals surface area contributed by atoms with E-state index < -0.39 is 0 Å². The minimum absolute atomic E-state index is 0.159. The van der Waals surface area contributed by atoms with E-state index in [1.807, 2.05) is 24.3 Å². The summed E-state index contributed by atoms with van der Waals surface area (Å²) in [6.07, 6.45) is 9.81. The maximum absolute atomic E-state index is 5.88. The zero-order valence-electron chi connectivity index (χ0n) is 5.63. The van der Waals surface area contributed by atoms with Crippen LogP contribution < -0.4 is 0 Å². The lowest BCUT2D eigenvalue weighted by Gasteiger charge is -2.08. The van der Waals surface area contributed by atoms with Crippen molar-refractivity contribution in [2.24, 2.45) is 0 Å². The van der Waals surface area contributed by atoms with Gasteiger partial charge in [0.2, 0.25) is 0 Å². The Morgan fingerprint density at radius 2 is 1.30 bits per heavy atom. The second kappa shape index (κ2) is 4.05. The highest BCUT2D eigenvalue weighted by Crippen LogP contribution is 2.15. The Labute approximate surface area is 71.5 Å². The Hall–Kier alpha value is 0.0600. The van der Waals surface area contributed by atoms with Crippen molar-refractivity contribution in [3.63, 3.8) is 0 Å². The van der Waals surface area contributed by atoms with Gasteiger partial charge in [0.1, 0.15) is 0 Å². The van der Waals surface area contributed by atoms with Crippen LogP contribution in [0.3, 0.4) is 0 Å². The average molecular weight is 177 g/mol. The fourth-order valence-corrected chi connectivity index (χ4v) is 1.30. The molecule has 0 saturated carbocycles. The van der Waals surface area contributed by atoms with E-state index in [0.29, 0.717) is 0 Å². The third kappa shape index (κ3) is 2.76. The molecule has 0 aromatic carbocycles. The first-order valence-electron chi connectivity index (χ1n) is 3.42. The van der Waals surface area contributed by atoms with Gasteiger partial charge in [0.15, 0.2) is 0 Å². The highest BCUT2D eigenvalue weighted by Gasteiger charge is 2.05. The summed E-state index contributed by atoms with van der Waals surface area (Å²) in [4.78, 5) is 0. The van der Waals surface area contributed by atoms with Gasteiger partial charge in [-0.15, -0.1) is 23.2 Å². The number of hydrogen-bond acceptors (Lipinski definition) is 0. The molecule has 2 atom stereocenters. The van der Waals surface area contributed by atoms with Gasteiger partial charge >= 0.3 is 0 Å². The van der Waals surface area contributed by atoms with Crippen LogP contribution in [0.15, 0.2) is 24.3 Å². The number of alkyl halides is 2. The summed E-state index contributed by atoms with van der Waals surface area (Å²) in [5.74, 6) is 0. The molecular weight excluding hydrogens is 167 g/mol. The van der Waals surface area contributed by atoms with Crippen molar-refractivity contribution in [3.8, 4) is 0 Å². The van der Waals surface area contributed by atoms with Crippen molar-refractivity contribution in [1.29, 1.82) is 0 Å². The van der Waals surface area contributed by atoms with Crippen molar-refractivity contribution in [2.75, 3.05) is 0 Å². The van der Waals surface area contributed by atoms with Gasteiger partial charge in [0, 0.05) is 0 Å². The SMILES string of the molecule is ClC1/C=C\C=C/C(Cl)CC1. The quantitative estimate of drug-likeness (QED) is 0.498. The van der Waals surface area contributed by atoms with Crippen LogP contribution in [-0.4, -0.2) is 10.8 Å². The molecule has 10 heavy (non-hydrogen) atoms. The molecule has 0 radical (unpaired) electrons. The summed E-state index contributed by atoms with van der Waals surface area (Å²) in [7, 11) is 0. The molecule has 0 N–H and O–H groups in total. The molecule has 2 unspecified atom stereocenters. The predicted octanol–water partition coefficient (Wildman–Crippen LogP) is 3.11. The largest absolute Gasteiger partial charge is 0.118 e. The minimum atomic E-state index is 0.159. The van der Waals surface area contributed by atoms with Crippen molar-refractivity contribution >= 4 is 23.2 Å². The number of rotatable bonds is 0. The standard InChI is InChI=1S/C8H10Cl2/c9-7-3-1-2-4-8(10)6-5-7/h1-4,7-8H,5-6H2/b3-1-,4-2-. The summed E-state index contributed by atoms with van der Waals surface area (Å²) in [6.45, 7) is 0. The first-order valence-corrected chi connectivity index (χ1v) is 4.29. The van der Waals surface area contributed by atoms with Gasteiger partial charge in [-0.2, -0.15) is 0 Å². The second-order valence-corrected chi connectivity index (χ2v) is 3.50. The van der Waals surface area contributed by atoms with Crippen LogP contribution in [-0.2, 0) is 0 Å². The van der Waals surface area contributed by atoms with Crippen LogP contribution in [0.5, 0.6) is 0 Å². The summed E-state index contributed by atoms with van der Waals surface area (Å²) in [5.41, 5.74) is 0. The molecule has 0 aromatic rings. The minimum Gasteiger partial charge on any atom is -0.118 e. The molecule has 0 heterocycles. The summed E-state index contributed by atoms with van der Waals surface area (Å²) in [5, 5.41) is 0.317. The van der Waals surface area contributed by atoms with Gasteiger partial charge in [-0.1, -0.05) is 24.3 Å². The lowest BCUT2D eigenvalue weighted by Crippen LogP contribution is -2.01. The molecule has 0 nitrogen and oxygen atoms in total. The van der Waals surface area contributed by atoms with Gasteiger partial charge < -0.3 is 0 Å². The first kappa shape index (κ1) is 8.16. The molecule has 1 rings (SSSR count). The second-order valence-electron chi connectivity index (χ2n) is 2.38. The highest BCUT2D eigenvalue weighted by molar-refractivity contribution is 6.23. The molecular formula is C8H10Cl2. The molecule has 0 aliphatic heterocycles. The van der Waals surface area contributed by atoms with E-state index in [1.54, 1.807) is 0 Å². The molecule has 0 bridgehead atoms. The van der Waals surface area contributed by atoms with Gasteiger partial charge in [-0.25, -0.2) is 0 Å². The van der Waals surface area contributed by atoms with Crippen LogP contribution in [0.1, 0.15) is 12.8 Å². The molecule has 1 aliphatic carbocycles. The molecule has 56 valence electrons. The predicted molar refractivity (Wildman–Crippen MR) is 46.8 cm³/mol. The number of hydrogen-bond donors (Lipinski definition) is 0. The monoisotopic (exact) mass is 176 g/mol. The summed E-state index contributed by atoms with van der Waals surface area (Å²) < 4.78 is 0. The first-order chi connectivity index (χ1) is 4.79. The van der Waals surface area contributed by atoms with Crippen LogP contribution in [0, 0.1) is 0 Å².